The Bertz CT molecular complexity index is 1280. The minimum atomic E-state index is -0.493. The highest BCUT2D eigenvalue weighted by Gasteiger charge is 2.20. The van der Waals surface area contributed by atoms with Gasteiger partial charge in [-0.25, -0.2) is 4.79 Å². The smallest absolute Gasteiger partial charge is 0.333 e. The highest BCUT2D eigenvalue weighted by atomic mass is 35.5. The molecule has 1 amide bonds. The zero-order valence-electron chi connectivity index (χ0n) is 29.2. The van der Waals surface area contributed by atoms with Crippen LogP contribution >= 0.6 is 47.7 Å². The fourth-order valence-electron chi connectivity index (χ4n) is 4.06. The van der Waals surface area contributed by atoms with E-state index < -0.39 is 5.97 Å². The number of hydrogen-bond donors (Lipinski definition) is 2. The quantitative estimate of drug-likeness (QED) is 0.0466. The van der Waals surface area contributed by atoms with Crippen molar-refractivity contribution >= 4 is 71.6 Å². The van der Waals surface area contributed by atoms with E-state index in [0.717, 1.165) is 40.4 Å². The average molecular weight is 769 g/mol. The number of benzene rings is 2. The number of halogens is 1. The van der Waals surface area contributed by atoms with Crippen molar-refractivity contribution in [3.05, 3.63) is 84.0 Å². The first-order valence-corrected chi connectivity index (χ1v) is 19.7. The van der Waals surface area contributed by atoms with E-state index in [2.05, 4.69) is 42.7 Å². The summed E-state index contributed by atoms with van der Waals surface area (Å²) < 4.78 is 21.5. The normalized spacial score (nSPS) is 11.9. The molecule has 0 heterocycles. The Morgan fingerprint density at radius 2 is 1.54 bits per heavy atom. The van der Waals surface area contributed by atoms with Crippen molar-refractivity contribution in [3.8, 4) is 0 Å². The monoisotopic (exact) mass is 768 g/mol. The Morgan fingerprint density at radius 1 is 0.880 bits per heavy atom. The minimum absolute atomic E-state index is 0. The number of amides is 1. The molecule has 3 N–H and O–H groups in total. The van der Waals surface area contributed by atoms with Gasteiger partial charge < -0.3 is 30.0 Å². The van der Waals surface area contributed by atoms with E-state index in [1.54, 1.807) is 42.2 Å². The number of carbonyl (C=O) groups is 3. The van der Waals surface area contributed by atoms with Gasteiger partial charge in [0.1, 0.15) is 13.2 Å². The molecule has 2 aromatic carbocycles. The second kappa shape index (κ2) is 28.2. The highest BCUT2D eigenvalue weighted by Crippen LogP contribution is 2.27. The molecule has 2 unspecified atom stereocenters. The lowest BCUT2D eigenvalue weighted by Crippen LogP contribution is -2.35. The summed E-state index contributed by atoms with van der Waals surface area (Å²) in [6, 6.07) is 16.4. The van der Waals surface area contributed by atoms with Crippen LogP contribution in [-0.2, 0) is 46.4 Å². The summed E-state index contributed by atoms with van der Waals surface area (Å²) in [5.74, 6) is 1.94. The van der Waals surface area contributed by atoms with Gasteiger partial charge in [-0.2, -0.15) is 23.5 Å². The molecule has 0 aliphatic carbocycles. The number of thioether (sulfide) groups is 3. The molecule has 2 atom stereocenters. The van der Waals surface area contributed by atoms with E-state index in [9.17, 15) is 14.4 Å². The van der Waals surface area contributed by atoms with Crippen molar-refractivity contribution < 1.29 is 33.3 Å². The number of nitrogens with one attached hydrogen (secondary N) is 1. The van der Waals surface area contributed by atoms with Crippen LogP contribution in [0.5, 0.6) is 0 Å². The van der Waals surface area contributed by atoms with Gasteiger partial charge in [-0.15, -0.1) is 24.2 Å². The Balaban J connectivity index is 0.0000125. The van der Waals surface area contributed by atoms with Crippen LogP contribution in [0.3, 0.4) is 0 Å². The average Bonchev–Trinajstić information content (AvgIpc) is 3.11. The Hall–Kier alpha value is -2.45. The lowest BCUT2D eigenvalue weighted by atomic mass is 10.1. The number of carbonyl (C=O) groups excluding carboxylic acids is 3. The lowest BCUT2D eigenvalue weighted by Gasteiger charge is -2.17. The summed E-state index contributed by atoms with van der Waals surface area (Å²) in [5.41, 5.74) is 9.38. The van der Waals surface area contributed by atoms with E-state index in [1.165, 1.54) is 5.56 Å². The van der Waals surface area contributed by atoms with Gasteiger partial charge in [0.15, 0.2) is 0 Å². The Morgan fingerprint density at radius 3 is 2.22 bits per heavy atom. The van der Waals surface area contributed by atoms with Crippen LogP contribution in [0.15, 0.2) is 72.2 Å². The molecule has 0 aliphatic rings. The molecule has 0 aliphatic heterocycles. The lowest BCUT2D eigenvalue weighted by molar-refractivity contribution is -0.152. The summed E-state index contributed by atoms with van der Waals surface area (Å²) in [5, 5.41) is 2.84. The summed E-state index contributed by atoms with van der Waals surface area (Å²) in [7, 11) is 0. The second-order valence-electron chi connectivity index (χ2n) is 11.2. The molecular formula is C37H53ClN2O7S3. The molecule has 0 saturated carbocycles. The fraction of sp³-hybridized carbons (Fsp3) is 0.486. The van der Waals surface area contributed by atoms with Crippen molar-refractivity contribution in [2.45, 2.75) is 43.4 Å². The zero-order valence-corrected chi connectivity index (χ0v) is 32.5. The maximum atomic E-state index is 13.1. The van der Waals surface area contributed by atoms with Crippen LogP contribution in [0, 0.1) is 5.92 Å². The largest absolute Gasteiger partial charge is 0.462 e. The van der Waals surface area contributed by atoms with E-state index in [4.69, 9.17) is 24.7 Å². The van der Waals surface area contributed by atoms with Crippen molar-refractivity contribution in [1.29, 1.82) is 0 Å². The van der Waals surface area contributed by atoms with Gasteiger partial charge >= 0.3 is 11.9 Å². The number of aryl methyl sites for hydroxylation is 1. The van der Waals surface area contributed by atoms with Gasteiger partial charge in [0.25, 0.3) is 0 Å². The molecule has 0 aromatic heterocycles. The second-order valence-corrected chi connectivity index (χ2v) is 14.8. The molecule has 0 bridgehead atoms. The SMILES string of the molecule is C=Cc1ccc(COCCOCCCNC(=O)C(CSCCN)Sc2ccc(CCSCC(C)C(=O)OCCOC(=O)C(=C)C)cc2)cc1.Cl. The first-order valence-electron chi connectivity index (χ1n) is 16.5. The molecule has 0 saturated heterocycles. The van der Waals surface area contributed by atoms with E-state index >= 15 is 0 Å². The standard InChI is InChI=1S/C37H52N2O7S3.ClH/c1-5-30-7-9-32(10-8-30)25-44-20-19-43-18-6-17-39-35(40)34(27-48-24-16-38)49-33-13-11-31(12-14-33)15-23-47-26-29(4)37(42)46-22-21-45-36(41)28(2)3;/h5,7-14,29,34H,1-2,6,15-27,38H2,3-4H3,(H,39,40);1H. The summed E-state index contributed by atoms with van der Waals surface area (Å²) in [4.78, 5) is 37.7. The van der Waals surface area contributed by atoms with Crippen LogP contribution in [0.25, 0.3) is 6.08 Å². The number of rotatable bonds is 27. The first kappa shape index (κ1) is 45.6. The molecule has 278 valence electrons. The van der Waals surface area contributed by atoms with Crippen LogP contribution in [0.1, 0.15) is 37.0 Å². The molecule has 13 heteroatoms. The molecule has 9 nitrogen and oxygen atoms in total. The molecule has 2 rings (SSSR count). The first-order chi connectivity index (χ1) is 23.7. The summed E-state index contributed by atoms with van der Waals surface area (Å²) in [6.07, 6.45) is 3.40. The maximum absolute atomic E-state index is 13.1. The molecule has 2 aromatic rings. The fourth-order valence-corrected chi connectivity index (χ4v) is 7.16. The molecular weight excluding hydrogens is 716 g/mol. The van der Waals surface area contributed by atoms with Crippen molar-refractivity contribution in [2.24, 2.45) is 11.7 Å². The third-order valence-corrected chi connectivity index (χ3v) is 10.6. The van der Waals surface area contributed by atoms with Gasteiger partial charge in [0.2, 0.25) is 5.91 Å². The topological polar surface area (TPSA) is 126 Å². The Kier molecular flexibility index (Phi) is 25.7. The van der Waals surface area contributed by atoms with Gasteiger partial charge in [-0.05, 0) is 54.3 Å². The van der Waals surface area contributed by atoms with Crippen LogP contribution < -0.4 is 11.1 Å². The van der Waals surface area contributed by atoms with E-state index in [-0.39, 0.29) is 48.7 Å². The van der Waals surface area contributed by atoms with E-state index in [0.29, 0.717) is 56.6 Å². The van der Waals surface area contributed by atoms with Gasteiger partial charge in [-0.3, -0.25) is 9.59 Å². The predicted octanol–water partition coefficient (Wildman–Crippen LogP) is 6.22. The molecule has 50 heavy (non-hydrogen) atoms. The van der Waals surface area contributed by atoms with Gasteiger partial charge in [-0.1, -0.05) is 62.6 Å². The van der Waals surface area contributed by atoms with Crippen LogP contribution in [-0.4, -0.2) is 92.2 Å². The molecule has 0 fully saturated rings. The third kappa shape index (κ3) is 20.4. The molecule has 0 spiro atoms. The number of esters is 2. The number of nitrogens with two attached hydrogens (primary N) is 1. The Labute approximate surface area is 317 Å². The number of hydrogen-bond acceptors (Lipinski definition) is 11. The van der Waals surface area contributed by atoms with Crippen molar-refractivity contribution in [3.63, 3.8) is 0 Å². The van der Waals surface area contributed by atoms with Gasteiger partial charge in [0.05, 0.1) is 31.0 Å². The van der Waals surface area contributed by atoms with Crippen molar-refractivity contribution in [2.75, 3.05) is 69.1 Å². The van der Waals surface area contributed by atoms with Crippen LogP contribution in [0.2, 0.25) is 0 Å². The predicted molar refractivity (Wildman–Crippen MR) is 211 cm³/mol. The van der Waals surface area contributed by atoms with Gasteiger partial charge in [0, 0.05) is 47.4 Å². The molecule has 0 radical (unpaired) electrons. The summed E-state index contributed by atoms with van der Waals surface area (Å²) in [6.45, 7) is 14.0. The summed E-state index contributed by atoms with van der Waals surface area (Å²) >= 11 is 4.94. The third-order valence-electron chi connectivity index (χ3n) is 6.86. The highest BCUT2D eigenvalue weighted by molar-refractivity contribution is 8.04. The minimum Gasteiger partial charge on any atom is -0.462 e. The van der Waals surface area contributed by atoms with Crippen LogP contribution in [0.4, 0.5) is 0 Å². The zero-order chi connectivity index (χ0) is 35.7. The van der Waals surface area contributed by atoms with Crippen molar-refractivity contribution in [1.82, 2.24) is 5.32 Å². The van der Waals surface area contributed by atoms with E-state index in [1.807, 2.05) is 37.3 Å². The maximum Gasteiger partial charge on any atom is 0.333 e. The number of ether oxygens (including phenoxy) is 4.